The predicted octanol–water partition coefficient (Wildman–Crippen LogP) is 1.81. The zero-order chi connectivity index (χ0) is 16.3. The van der Waals surface area contributed by atoms with Crippen LogP contribution < -0.4 is 16.0 Å². The number of piperidine rings is 1. The first-order valence-electron chi connectivity index (χ1n) is 7.29. The van der Waals surface area contributed by atoms with Crippen molar-refractivity contribution in [1.82, 2.24) is 15.6 Å². The van der Waals surface area contributed by atoms with Crippen LogP contribution in [-0.2, 0) is 4.79 Å². The highest BCUT2D eigenvalue weighted by atomic mass is 16.2. The molecule has 2 heterocycles. The first-order valence-corrected chi connectivity index (χ1v) is 7.29. The number of aromatic nitrogens is 1. The molecule has 0 aromatic carbocycles. The van der Waals surface area contributed by atoms with Crippen LogP contribution in [0.2, 0.25) is 0 Å². The maximum absolute atomic E-state index is 12.3. The second-order valence-electron chi connectivity index (χ2n) is 6.44. The molecule has 1 aromatic heterocycles. The van der Waals surface area contributed by atoms with E-state index < -0.39 is 6.04 Å². The Morgan fingerprint density at radius 3 is 2.77 bits per heavy atom. The highest BCUT2D eigenvalue weighted by molar-refractivity contribution is 5.96. The lowest BCUT2D eigenvalue weighted by Crippen LogP contribution is -2.49. The van der Waals surface area contributed by atoms with Gasteiger partial charge >= 0.3 is 0 Å². The molecule has 0 radical (unpaired) electrons. The van der Waals surface area contributed by atoms with E-state index in [2.05, 4.69) is 27.5 Å². The van der Waals surface area contributed by atoms with Gasteiger partial charge in [-0.1, -0.05) is 12.6 Å². The van der Waals surface area contributed by atoms with Gasteiger partial charge in [0.1, 0.15) is 17.6 Å². The third kappa shape index (κ3) is 4.31. The zero-order valence-corrected chi connectivity index (χ0v) is 13.2. The largest absolute Gasteiger partial charge is 0.365 e. The summed E-state index contributed by atoms with van der Waals surface area (Å²) in [5.41, 5.74) is 0.822. The molecule has 1 unspecified atom stereocenters. The third-order valence-electron chi connectivity index (χ3n) is 3.14. The molecule has 1 aliphatic rings. The fourth-order valence-electron chi connectivity index (χ4n) is 2.16. The van der Waals surface area contributed by atoms with Crippen molar-refractivity contribution < 1.29 is 9.59 Å². The number of pyridine rings is 1. The number of hydrogen-bond donors (Lipinski definition) is 3. The number of anilines is 1. The topological polar surface area (TPSA) is 83.1 Å². The first kappa shape index (κ1) is 16.0. The average Bonchev–Trinajstić information content (AvgIpc) is 2.40. The summed E-state index contributed by atoms with van der Waals surface area (Å²) in [6.07, 6.45) is 1.21. The number of allylic oxidation sites excluding steroid dienone is 1. The molecule has 1 saturated heterocycles. The minimum Gasteiger partial charge on any atom is -0.365 e. The van der Waals surface area contributed by atoms with Gasteiger partial charge in [0, 0.05) is 11.2 Å². The molecule has 0 saturated carbocycles. The van der Waals surface area contributed by atoms with Crippen LogP contribution in [0.1, 0.15) is 44.1 Å². The van der Waals surface area contributed by atoms with Crippen LogP contribution in [0.3, 0.4) is 0 Å². The summed E-state index contributed by atoms with van der Waals surface area (Å²) < 4.78 is 0. The maximum Gasteiger partial charge on any atom is 0.270 e. The smallest absolute Gasteiger partial charge is 0.270 e. The number of nitrogens with one attached hydrogen (secondary N) is 3. The summed E-state index contributed by atoms with van der Waals surface area (Å²) in [5.74, 6) is 0.0421. The molecule has 3 N–H and O–H groups in total. The molecule has 1 aromatic rings. The minimum absolute atomic E-state index is 0.147. The highest BCUT2D eigenvalue weighted by Crippen LogP contribution is 2.14. The number of carbonyl (C=O) groups is 2. The van der Waals surface area contributed by atoms with E-state index in [9.17, 15) is 9.59 Å². The number of amides is 2. The Morgan fingerprint density at radius 2 is 2.14 bits per heavy atom. The molecular formula is C16H22N4O2. The normalized spacial score (nSPS) is 18.6. The second kappa shape index (κ2) is 6.17. The highest BCUT2D eigenvalue weighted by Gasteiger charge is 2.26. The van der Waals surface area contributed by atoms with Gasteiger partial charge in [-0.05, 0) is 45.7 Å². The van der Waals surface area contributed by atoms with Gasteiger partial charge in [0.15, 0.2) is 0 Å². The number of rotatable bonds is 3. The molecule has 0 bridgehead atoms. The van der Waals surface area contributed by atoms with E-state index in [0.29, 0.717) is 24.4 Å². The number of hydrogen-bond acceptors (Lipinski definition) is 4. The molecule has 6 nitrogen and oxygen atoms in total. The molecule has 118 valence electrons. The van der Waals surface area contributed by atoms with Crippen molar-refractivity contribution in [3.05, 3.63) is 36.2 Å². The van der Waals surface area contributed by atoms with Crippen molar-refractivity contribution >= 4 is 17.6 Å². The second-order valence-corrected chi connectivity index (χ2v) is 6.44. The van der Waals surface area contributed by atoms with Crippen molar-refractivity contribution in [3.63, 3.8) is 0 Å². The van der Waals surface area contributed by atoms with Gasteiger partial charge in [-0.3, -0.25) is 9.59 Å². The van der Waals surface area contributed by atoms with Crippen LogP contribution in [0.5, 0.6) is 0 Å². The summed E-state index contributed by atoms with van der Waals surface area (Å²) in [4.78, 5) is 28.4. The van der Waals surface area contributed by atoms with Crippen LogP contribution in [-0.4, -0.2) is 28.4 Å². The van der Waals surface area contributed by atoms with Crippen LogP contribution in [0, 0.1) is 0 Å². The third-order valence-corrected chi connectivity index (χ3v) is 3.14. The summed E-state index contributed by atoms with van der Waals surface area (Å²) >= 11 is 0. The Morgan fingerprint density at radius 1 is 1.41 bits per heavy atom. The van der Waals surface area contributed by atoms with Gasteiger partial charge in [-0.15, -0.1) is 0 Å². The average molecular weight is 302 g/mol. The monoisotopic (exact) mass is 302 g/mol. The van der Waals surface area contributed by atoms with Crippen molar-refractivity contribution in [1.29, 1.82) is 0 Å². The van der Waals surface area contributed by atoms with Gasteiger partial charge in [-0.25, -0.2) is 4.98 Å². The molecule has 2 amide bonds. The van der Waals surface area contributed by atoms with Crippen molar-refractivity contribution in [3.8, 4) is 0 Å². The Balaban J connectivity index is 2.05. The van der Waals surface area contributed by atoms with Crippen LogP contribution in [0.25, 0.3) is 0 Å². The van der Waals surface area contributed by atoms with Crippen molar-refractivity contribution in [2.45, 2.75) is 45.2 Å². The Labute approximate surface area is 130 Å². The predicted molar refractivity (Wildman–Crippen MR) is 85.4 cm³/mol. The Kier molecular flexibility index (Phi) is 4.49. The molecule has 1 aliphatic heterocycles. The number of nitrogens with zero attached hydrogens (tertiary/aromatic N) is 1. The minimum atomic E-state index is -0.543. The lowest BCUT2D eigenvalue weighted by atomic mass is 10.0. The van der Waals surface area contributed by atoms with E-state index in [-0.39, 0.29) is 23.0 Å². The van der Waals surface area contributed by atoms with Gasteiger partial charge in [0.25, 0.3) is 5.91 Å². The van der Waals surface area contributed by atoms with E-state index in [4.69, 9.17) is 0 Å². The lowest BCUT2D eigenvalue weighted by Gasteiger charge is -2.24. The quantitative estimate of drug-likeness (QED) is 0.795. The fourth-order valence-corrected chi connectivity index (χ4v) is 2.16. The van der Waals surface area contributed by atoms with E-state index in [1.165, 1.54) is 0 Å². The Hall–Kier alpha value is -2.37. The van der Waals surface area contributed by atoms with Crippen molar-refractivity contribution in [2.24, 2.45) is 0 Å². The molecular weight excluding hydrogens is 280 g/mol. The molecule has 0 spiro atoms. The molecule has 1 fully saturated rings. The molecule has 1 atom stereocenters. The van der Waals surface area contributed by atoms with E-state index in [0.717, 1.165) is 0 Å². The van der Waals surface area contributed by atoms with Crippen LogP contribution in [0.4, 0.5) is 5.82 Å². The summed E-state index contributed by atoms with van der Waals surface area (Å²) in [5, 5.41) is 8.57. The van der Waals surface area contributed by atoms with Gasteiger partial charge in [0.2, 0.25) is 5.91 Å². The lowest BCUT2D eigenvalue weighted by molar-refractivity contribution is -0.123. The maximum atomic E-state index is 12.3. The molecule has 0 aliphatic carbocycles. The molecule has 22 heavy (non-hydrogen) atoms. The van der Waals surface area contributed by atoms with Gasteiger partial charge in [0.05, 0.1) is 0 Å². The SMILES string of the molecule is C=C1CCC(NC(=O)c2cccc(NC(C)(C)C)n2)C(=O)N1. The first-order chi connectivity index (χ1) is 10.2. The Bertz CT molecular complexity index is 604. The van der Waals surface area contributed by atoms with Crippen LogP contribution in [0.15, 0.2) is 30.5 Å². The summed E-state index contributed by atoms with van der Waals surface area (Å²) in [7, 11) is 0. The van der Waals surface area contributed by atoms with Gasteiger partial charge in [-0.2, -0.15) is 0 Å². The fraction of sp³-hybridized carbons (Fsp3) is 0.438. The molecule has 6 heteroatoms. The van der Waals surface area contributed by atoms with E-state index in [1.54, 1.807) is 18.2 Å². The van der Waals surface area contributed by atoms with Gasteiger partial charge < -0.3 is 16.0 Å². The molecule has 2 rings (SSSR count). The van der Waals surface area contributed by atoms with E-state index in [1.807, 2.05) is 20.8 Å². The zero-order valence-electron chi connectivity index (χ0n) is 13.2. The standard InChI is InChI=1S/C16H22N4O2/c1-10-8-9-12(14(21)17-10)19-15(22)11-6-5-7-13(18-11)20-16(2,3)4/h5-7,12H,1,8-9H2,2-4H3,(H,17,21)(H,18,20)(H,19,22). The number of carbonyl (C=O) groups excluding carboxylic acids is 2. The summed E-state index contributed by atoms with van der Waals surface area (Å²) in [6.45, 7) is 9.76. The van der Waals surface area contributed by atoms with Crippen LogP contribution >= 0.6 is 0 Å². The summed E-state index contributed by atoms with van der Waals surface area (Å²) in [6, 6.07) is 4.65. The van der Waals surface area contributed by atoms with Crippen molar-refractivity contribution in [2.75, 3.05) is 5.32 Å². The van der Waals surface area contributed by atoms with E-state index >= 15 is 0 Å².